The molecule has 1 fully saturated rings. The van der Waals surface area contributed by atoms with Crippen molar-refractivity contribution >= 4 is 0 Å². The zero-order valence-electron chi connectivity index (χ0n) is 13.1. The molecule has 112 valence electrons. The molecule has 4 heteroatoms. The van der Waals surface area contributed by atoms with E-state index in [0.29, 0.717) is 12.5 Å². The zero-order valence-corrected chi connectivity index (χ0v) is 13.1. The Balaban J connectivity index is 2.05. The van der Waals surface area contributed by atoms with Gasteiger partial charge in [-0.25, -0.2) is 0 Å². The Morgan fingerprint density at radius 2 is 2.05 bits per heavy atom. The first-order chi connectivity index (χ1) is 9.34. The lowest BCUT2D eigenvalue weighted by atomic mass is 9.64. The van der Waals surface area contributed by atoms with Crippen LogP contribution in [-0.2, 0) is 6.54 Å². The minimum absolute atomic E-state index is 0.181. The van der Waals surface area contributed by atoms with Crippen molar-refractivity contribution in [1.82, 2.24) is 15.3 Å². The molecule has 20 heavy (non-hydrogen) atoms. The van der Waals surface area contributed by atoms with Gasteiger partial charge in [0.05, 0.1) is 18.0 Å². The summed E-state index contributed by atoms with van der Waals surface area (Å²) in [7, 11) is 0. The van der Waals surface area contributed by atoms with Crippen molar-refractivity contribution < 1.29 is 5.11 Å². The van der Waals surface area contributed by atoms with E-state index in [-0.39, 0.29) is 17.6 Å². The average Bonchev–Trinajstić information content (AvgIpc) is 2.36. The second-order valence-corrected chi connectivity index (χ2v) is 7.30. The van der Waals surface area contributed by atoms with Crippen LogP contribution in [0.3, 0.4) is 0 Å². The summed E-state index contributed by atoms with van der Waals surface area (Å²) in [6.45, 7) is 9.64. The highest BCUT2D eigenvalue weighted by atomic mass is 16.3. The van der Waals surface area contributed by atoms with Crippen molar-refractivity contribution in [2.75, 3.05) is 6.61 Å². The van der Waals surface area contributed by atoms with Gasteiger partial charge in [-0.15, -0.1) is 0 Å². The lowest BCUT2D eigenvalue weighted by Gasteiger charge is -2.47. The predicted molar refractivity (Wildman–Crippen MR) is 80.2 cm³/mol. The van der Waals surface area contributed by atoms with Crippen LogP contribution in [0.25, 0.3) is 0 Å². The Hall–Kier alpha value is -1.00. The van der Waals surface area contributed by atoms with E-state index in [0.717, 1.165) is 24.2 Å². The van der Waals surface area contributed by atoms with Gasteiger partial charge in [-0.05, 0) is 37.5 Å². The van der Waals surface area contributed by atoms with Crippen molar-refractivity contribution in [2.24, 2.45) is 11.3 Å². The highest BCUT2D eigenvalue weighted by Crippen LogP contribution is 2.43. The molecule has 2 atom stereocenters. The molecule has 1 aromatic heterocycles. The highest BCUT2D eigenvalue weighted by molar-refractivity contribution is 5.04. The van der Waals surface area contributed by atoms with Gasteiger partial charge in [0.25, 0.3) is 0 Å². The van der Waals surface area contributed by atoms with Crippen LogP contribution in [0.5, 0.6) is 0 Å². The molecule has 0 saturated heterocycles. The van der Waals surface area contributed by atoms with Gasteiger partial charge >= 0.3 is 0 Å². The number of nitrogens with one attached hydrogen (secondary N) is 1. The Kier molecular flexibility index (Phi) is 4.45. The summed E-state index contributed by atoms with van der Waals surface area (Å²) in [4.78, 5) is 8.65. The van der Waals surface area contributed by atoms with Crippen molar-refractivity contribution in [1.29, 1.82) is 0 Å². The molecule has 4 nitrogen and oxygen atoms in total. The maximum atomic E-state index is 9.92. The van der Waals surface area contributed by atoms with E-state index in [1.54, 1.807) is 6.20 Å². The minimum Gasteiger partial charge on any atom is -0.394 e. The van der Waals surface area contributed by atoms with Gasteiger partial charge in [0.15, 0.2) is 0 Å². The Labute approximate surface area is 122 Å². The molecule has 1 saturated carbocycles. The van der Waals surface area contributed by atoms with Crippen molar-refractivity contribution in [2.45, 2.75) is 59.0 Å². The normalized spacial score (nSPS) is 29.4. The summed E-state index contributed by atoms with van der Waals surface area (Å²) in [6.07, 6.45) is 6.84. The molecule has 0 spiro atoms. The van der Waals surface area contributed by atoms with E-state index >= 15 is 0 Å². The predicted octanol–water partition coefficient (Wildman–Crippen LogP) is 2.45. The molecule has 0 radical (unpaired) electrons. The third-order valence-corrected chi connectivity index (χ3v) is 4.24. The highest BCUT2D eigenvalue weighted by Gasteiger charge is 2.42. The molecule has 0 bridgehead atoms. The number of aliphatic hydroxyl groups is 1. The van der Waals surface area contributed by atoms with E-state index in [1.165, 1.54) is 6.42 Å². The van der Waals surface area contributed by atoms with Crippen LogP contribution in [0, 0.1) is 18.3 Å². The first-order valence-corrected chi connectivity index (χ1v) is 7.48. The van der Waals surface area contributed by atoms with Crippen LogP contribution in [-0.4, -0.2) is 27.2 Å². The fraction of sp³-hybridized carbons (Fsp3) is 0.750. The van der Waals surface area contributed by atoms with Crippen LogP contribution in [0.2, 0.25) is 0 Å². The van der Waals surface area contributed by atoms with Gasteiger partial charge in [-0.2, -0.15) is 0 Å². The fourth-order valence-electron chi connectivity index (χ4n) is 3.84. The summed E-state index contributed by atoms with van der Waals surface area (Å²) in [5.41, 5.74) is 1.94. The summed E-state index contributed by atoms with van der Waals surface area (Å²) in [5, 5.41) is 13.5. The molecule has 1 aliphatic rings. The van der Waals surface area contributed by atoms with E-state index in [1.807, 2.05) is 13.1 Å². The number of aliphatic hydroxyl groups excluding tert-OH is 1. The molecule has 2 N–H and O–H groups in total. The van der Waals surface area contributed by atoms with Gasteiger partial charge in [-0.1, -0.05) is 20.8 Å². The van der Waals surface area contributed by atoms with E-state index in [2.05, 4.69) is 36.1 Å². The van der Waals surface area contributed by atoms with Crippen LogP contribution < -0.4 is 5.32 Å². The number of aromatic nitrogens is 2. The molecule has 0 unspecified atom stereocenters. The van der Waals surface area contributed by atoms with Crippen LogP contribution >= 0.6 is 0 Å². The molecule has 0 aromatic carbocycles. The quantitative estimate of drug-likeness (QED) is 0.887. The second kappa shape index (κ2) is 5.78. The first-order valence-electron chi connectivity index (χ1n) is 7.48. The van der Waals surface area contributed by atoms with Gasteiger partial charge in [0.2, 0.25) is 0 Å². The topological polar surface area (TPSA) is 58.0 Å². The Bertz CT molecular complexity index is 444. The van der Waals surface area contributed by atoms with Crippen LogP contribution in [0.15, 0.2) is 12.4 Å². The summed E-state index contributed by atoms with van der Waals surface area (Å²) in [6, 6.07) is 0. The number of hydrogen-bond donors (Lipinski definition) is 2. The molecule has 1 aliphatic carbocycles. The minimum atomic E-state index is -0.187. The molecule has 0 amide bonds. The Morgan fingerprint density at radius 1 is 1.30 bits per heavy atom. The average molecular weight is 277 g/mol. The van der Waals surface area contributed by atoms with Crippen LogP contribution in [0.1, 0.15) is 51.4 Å². The fourth-order valence-corrected chi connectivity index (χ4v) is 3.84. The van der Waals surface area contributed by atoms with Crippen molar-refractivity contribution in [3.63, 3.8) is 0 Å². The number of nitrogens with zero attached hydrogens (tertiary/aromatic N) is 2. The third kappa shape index (κ3) is 3.76. The third-order valence-electron chi connectivity index (χ3n) is 4.24. The lowest BCUT2D eigenvalue weighted by molar-refractivity contribution is 0.0350. The SMILES string of the molecule is Cc1cnc(CN[C@]2(CO)C[C@@H](C)CC(C)(C)C2)cn1. The van der Waals surface area contributed by atoms with Crippen molar-refractivity contribution in [3.8, 4) is 0 Å². The van der Waals surface area contributed by atoms with Gasteiger partial charge in [0.1, 0.15) is 0 Å². The molecular weight excluding hydrogens is 250 g/mol. The summed E-state index contributed by atoms with van der Waals surface area (Å²) in [5.74, 6) is 0.627. The van der Waals surface area contributed by atoms with E-state index in [9.17, 15) is 5.11 Å². The number of hydrogen-bond acceptors (Lipinski definition) is 4. The van der Waals surface area contributed by atoms with Crippen molar-refractivity contribution in [3.05, 3.63) is 23.8 Å². The standard InChI is InChI=1S/C16H27N3O/c1-12-5-15(3,4)10-16(6-12,11-20)19-9-14-8-17-13(2)7-18-14/h7-8,12,19-20H,5-6,9-11H2,1-4H3/t12-,16+/m0/s1. The monoisotopic (exact) mass is 277 g/mol. The molecule has 0 aliphatic heterocycles. The second-order valence-electron chi connectivity index (χ2n) is 7.30. The molecule has 1 aromatic rings. The largest absolute Gasteiger partial charge is 0.394 e. The molecule has 1 heterocycles. The molecule has 2 rings (SSSR count). The summed E-state index contributed by atoms with van der Waals surface area (Å²) >= 11 is 0. The van der Waals surface area contributed by atoms with Gasteiger partial charge in [0, 0.05) is 24.5 Å². The van der Waals surface area contributed by atoms with E-state index in [4.69, 9.17) is 0 Å². The molecular formula is C16H27N3O. The maximum absolute atomic E-state index is 9.92. The summed E-state index contributed by atoms with van der Waals surface area (Å²) < 4.78 is 0. The maximum Gasteiger partial charge on any atom is 0.0724 e. The lowest BCUT2D eigenvalue weighted by Crippen LogP contribution is -2.54. The number of rotatable bonds is 4. The first kappa shape index (κ1) is 15.4. The zero-order chi connectivity index (χ0) is 14.8. The smallest absolute Gasteiger partial charge is 0.0724 e. The van der Waals surface area contributed by atoms with Gasteiger partial charge in [-0.3, -0.25) is 9.97 Å². The van der Waals surface area contributed by atoms with Crippen LogP contribution in [0.4, 0.5) is 0 Å². The van der Waals surface area contributed by atoms with Gasteiger partial charge < -0.3 is 10.4 Å². The van der Waals surface area contributed by atoms with E-state index < -0.39 is 0 Å². The Morgan fingerprint density at radius 3 is 2.60 bits per heavy atom. The number of aryl methyl sites for hydroxylation is 1.